The van der Waals surface area contributed by atoms with Crippen molar-refractivity contribution in [1.29, 1.82) is 0 Å². The van der Waals surface area contributed by atoms with Crippen LogP contribution in [-0.4, -0.2) is 4.57 Å². The number of hydrogen-bond donors (Lipinski definition) is 0. The summed E-state index contributed by atoms with van der Waals surface area (Å²) in [6, 6.07) is 94.1. The van der Waals surface area contributed by atoms with Gasteiger partial charge in [-0.1, -0.05) is 184 Å². The molecule has 0 aliphatic heterocycles. The zero-order valence-corrected chi connectivity index (χ0v) is 40.6. The number of rotatable bonds is 7. The van der Waals surface area contributed by atoms with E-state index in [1.54, 1.807) is 0 Å². The van der Waals surface area contributed by atoms with Crippen LogP contribution in [-0.2, 0) is 10.8 Å². The lowest BCUT2D eigenvalue weighted by molar-refractivity contribution is 0.660. The molecular formula is C70H48N2O. The van der Waals surface area contributed by atoms with Crippen LogP contribution in [0.25, 0.3) is 82.8 Å². The first-order valence-corrected chi connectivity index (χ1v) is 25.4. The van der Waals surface area contributed by atoms with Crippen LogP contribution in [0, 0.1) is 0 Å². The summed E-state index contributed by atoms with van der Waals surface area (Å²) in [5, 5.41) is 4.63. The number of benzene rings is 11. The molecule has 0 saturated heterocycles. The van der Waals surface area contributed by atoms with Crippen molar-refractivity contribution in [2.75, 3.05) is 4.90 Å². The highest BCUT2D eigenvalue weighted by molar-refractivity contribution is 6.12. The van der Waals surface area contributed by atoms with Crippen LogP contribution in [0.1, 0.15) is 47.2 Å². The van der Waals surface area contributed by atoms with E-state index >= 15 is 0 Å². The Labute approximate surface area is 424 Å². The molecule has 3 nitrogen and oxygen atoms in total. The zero-order valence-electron chi connectivity index (χ0n) is 40.6. The molecule has 2 aliphatic carbocycles. The summed E-state index contributed by atoms with van der Waals surface area (Å²) in [4.78, 5) is 2.47. The van der Waals surface area contributed by atoms with Gasteiger partial charge in [-0.15, -0.1) is 0 Å². The molecule has 13 aromatic rings. The van der Waals surface area contributed by atoms with E-state index in [-0.39, 0.29) is 5.41 Å². The molecule has 3 heteroatoms. The van der Waals surface area contributed by atoms with Crippen molar-refractivity contribution in [3.8, 4) is 39.1 Å². The predicted octanol–water partition coefficient (Wildman–Crippen LogP) is 18.5. The Bertz CT molecular complexity index is 4310. The molecule has 0 unspecified atom stereocenters. The van der Waals surface area contributed by atoms with Gasteiger partial charge < -0.3 is 13.9 Å². The SMILES string of the molecule is CC1(C)c2ccccc2-c2ccc(N(c3ccc4c(c3)C(c3ccccc3)(c3ccccc3)c3ccccc3-4)c3ccc4oc5ccc(-c6ccc7c(c6)c6ccccc6n7-c6ccccc6)cc5c4c3)cc21. The number of para-hydroxylation sites is 2. The van der Waals surface area contributed by atoms with Crippen molar-refractivity contribution >= 4 is 60.8 Å². The van der Waals surface area contributed by atoms with E-state index in [2.05, 4.69) is 278 Å². The number of fused-ring (bicyclic) bond motifs is 12. The minimum absolute atomic E-state index is 0.177. The van der Waals surface area contributed by atoms with E-state index in [4.69, 9.17) is 4.42 Å². The average molecular weight is 933 g/mol. The van der Waals surface area contributed by atoms with Gasteiger partial charge in [-0.05, 0) is 152 Å². The highest BCUT2D eigenvalue weighted by atomic mass is 16.3. The van der Waals surface area contributed by atoms with Crippen LogP contribution in [0.4, 0.5) is 17.1 Å². The Morgan fingerprint density at radius 1 is 0.342 bits per heavy atom. The van der Waals surface area contributed by atoms with Crippen molar-refractivity contribution in [2.24, 2.45) is 0 Å². The number of anilines is 3. The van der Waals surface area contributed by atoms with E-state index < -0.39 is 5.41 Å². The largest absolute Gasteiger partial charge is 0.456 e. The monoisotopic (exact) mass is 932 g/mol. The molecule has 0 saturated carbocycles. The summed E-state index contributed by atoms with van der Waals surface area (Å²) in [6.07, 6.45) is 0. The maximum absolute atomic E-state index is 6.69. The van der Waals surface area contributed by atoms with Crippen LogP contribution in [0.5, 0.6) is 0 Å². The fourth-order valence-electron chi connectivity index (χ4n) is 12.9. The second-order valence-corrected chi connectivity index (χ2v) is 20.4. The Balaban J connectivity index is 0.932. The number of furan rings is 1. The van der Waals surface area contributed by atoms with Gasteiger partial charge in [0.25, 0.3) is 0 Å². The van der Waals surface area contributed by atoms with Crippen molar-refractivity contribution < 1.29 is 4.42 Å². The summed E-state index contributed by atoms with van der Waals surface area (Å²) >= 11 is 0. The Morgan fingerprint density at radius 3 is 1.53 bits per heavy atom. The van der Waals surface area contributed by atoms with Crippen LogP contribution < -0.4 is 4.90 Å². The summed E-state index contributed by atoms with van der Waals surface area (Å²) in [6.45, 7) is 4.74. The van der Waals surface area contributed by atoms with Crippen LogP contribution >= 0.6 is 0 Å². The molecule has 344 valence electrons. The number of aromatic nitrogens is 1. The number of hydrogen-bond acceptors (Lipinski definition) is 2. The summed E-state index contributed by atoms with van der Waals surface area (Å²) in [5.41, 5.74) is 23.0. The second kappa shape index (κ2) is 15.7. The molecule has 0 atom stereocenters. The Hall–Kier alpha value is -9.18. The fraction of sp³-hybridized carbons (Fsp3) is 0.0571. The second-order valence-electron chi connectivity index (χ2n) is 20.4. The standard InChI is InChI=1S/C70H48N2O/c1-69(2)61-27-15-12-24-53(61)55-35-32-51(43-63(55)69)71(52-33-36-56-54-25-13-16-28-62(54)70(64(56)44-52,47-18-6-3-7-19-47)48-20-8-4-9-21-48)50-34-39-68-60(42-50)59-41-46(31-38-67(59)73-68)45-30-37-66-58(40-45)57-26-14-17-29-65(57)72(66)49-22-10-5-11-23-49/h3-44H,1-2H3. The lowest BCUT2D eigenvalue weighted by atomic mass is 9.67. The van der Waals surface area contributed by atoms with Crippen molar-refractivity contribution in [2.45, 2.75) is 24.7 Å². The minimum Gasteiger partial charge on any atom is -0.456 e. The van der Waals surface area contributed by atoms with Gasteiger partial charge in [0.05, 0.1) is 16.4 Å². The first-order chi connectivity index (χ1) is 35.9. The Morgan fingerprint density at radius 2 is 0.822 bits per heavy atom. The summed E-state index contributed by atoms with van der Waals surface area (Å²) < 4.78 is 9.07. The number of nitrogens with zero attached hydrogens (tertiary/aromatic N) is 2. The molecule has 2 aliphatic rings. The smallest absolute Gasteiger partial charge is 0.135 e. The van der Waals surface area contributed by atoms with Crippen LogP contribution in [0.15, 0.2) is 259 Å². The molecule has 0 bridgehead atoms. The third-order valence-electron chi connectivity index (χ3n) is 16.3. The predicted molar refractivity (Wildman–Crippen MR) is 303 cm³/mol. The van der Waals surface area contributed by atoms with Gasteiger partial charge in [0, 0.05) is 49.7 Å². The van der Waals surface area contributed by atoms with Gasteiger partial charge >= 0.3 is 0 Å². The summed E-state index contributed by atoms with van der Waals surface area (Å²) in [5.74, 6) is 0. The molecule has 2 aromatic heterocycles. The normalized spacial score (nSPS) is 13.8. The molecule has 0 N–H and O–H groups in total. The van der Waals surface area contributed by atoms with Gasteiger partial charge in [-0.25, -0.2) is 0 Å². The quantitative estimate of drug-likeness (QED) is 0.159. The zero-order chi connectivity index (χ0) is 48.4. The van der Waals surface area contributed by atoms with Gasteiger partial charge in [-0.3, -0.25) is 0 Å². The topological polar surface area (TPSA) is 21.3 Å². The maximum Gasteiger partial charge on any atom is 0.135 e. The highest BCUT2D eigenvalue weighted by Crippen LogP contribution is 2.58. The van der Waals surface area contributed by atoms with Gasteiger partial charge in [-0.2, -0.15) is 0 Å². The molecule has 0 fully saturated rings. The molecule has 11 aromatic carbocycles. The lowest BCUT2D eigenvalue weighted by Crippen LogP contribution is -2.28. The van der Waals surface area contributed by atoms with Crippen molar-refractivity contribution in [3.63, 3.8) is 0 Å². The van der Waals surface area contributed by atoms with Gasteiger partial charge in [0.1, 0.15) is 11.2 Å². The average Bonchev–Trinajstić information content (AvgIpc) is 4.15. The van der Waals surface area contributed by atoms with E-state index in [0.717, 1.165) is 50.3 Å². The molecule has 73 heavy (non-hydrogen) atoms. The minimum atomic E-state index is -0.543. The third kappa shape index (κ3) is 6.00. The molecule has 15 rings (SSSR count). The van der Waals surface area contributed by atoms with Crippen molar-refractivity contribution in [3.05, 3.63) is 288 Å². The van der Waals surface area contributed by atoms with Crippen LogP contribution in [0.3, 0.4) is 0 Å². The molecule has 0 amide bonds. The Kier molecular flexibility index (Phi) is 8.92. The van der Waals surface area contributed by atoms with E-state index in [9.17, 15) is 0 Å². The fourth-order valence-corrected chi connectivity index (χ4v) is 12.9. The van der Waals surface area contributed by atoms with Crippen LogP contribution in [0.2, 0.25) is 0 Å². The maximum atomic E-state index is 6.69. The first-order valence-electron chi connectivity index (χ1n) is 25.4. The molecule has 2 heterocycles. The van der Waals surface area contributed by atoms with E-state index in [0.29, 0.717) is 0 Å². The molecule has 0 spiro atoms. The lowest BCUT2D eigenvalue weighted by Gasteiger charge is -2.35. The van der Waals surface area contributed by atoms with Gasteiger partial charge in [0.15, 0.2) is 0 Å². The van der Waals surface area contributed by atoms with E-state index in [1.807, 2.05) is 0 Å². The van der Waals surface area contributed by atoms with Crippen molar-refractivity contribution in [1.82, 2.24) is 4.57 Å². The molecule has 0 radical (unpaired) electrons. The highest BCUT2D eigenvalue weighted by Gasteiger charge is 2.46. The first kappa shape index (κ1) is 41.6. The van der Waals surface area contributed by atoms with E-state index in [1.165, 1.54) is 83.0 Å². The molecular weight excluding hydrogens is 885 g/mol. The third-order valence-corrected chi connectivity index (χ3v) is 16.3. The van der Waals surface area contributed by atoms with Gasteiger partial charge in [0.2, 0.25) is 0 Å². The summed E-state index contributed by atoms with van der Waals surface area (Å²) in [7, 11) is 0.